The second-order valence-electron chi connectivity index (χ2n) is 3.32. The molecule has 1 aromatic heterocycles. The Kier molecular flexibility index (Phi) is 4.01. The molecule has 0 bridgehead atoms. The molecule has 0 saturated carbocycles. The van der Waals surface area contributed by atoms with Crippen LogP contribution in [-0.4, -0.2) is 43.6 Å². The van der Waals surface area contributed by atoms with Gasteiger partial charge in [-0.1, -0.05) is 11.3 Å². The Morgan fingerprint density at radius 2 is 2.40 bits per heavy atom. The summed E-state index contributed by atoms with van der Waals surface area (Å²) in [7, 11) is 1.93. The molecule has 0 radical (unpaired) electrons. The number of aromatic nitrogens is 2. The van der Waals surface area contributed by atoms with Gasteiger partial charge < -0.3 is 14.8 Å². The van der Waals surface area contributed by atoms with Crippen molar-refractivity contribution in [2.45, 2.75) is 12.5 Å². The van der Waals surface area contributed by atoms with Crippen LogP contribution in [0.4, 0.5) is 0 Å². The van der Waals surface area contributed by atoms with Crippen LogP contribution >= 0.6 is 11.3 Å². The Morgan fingerprint density at radius 3 is 3.13 bits per heavy atom. The van der Waals surface area contributed by atoms with E-state index in [0.717, 1.165) is 23.0 Å². The summed E-state index contributed by atoms with van der Waals surface area (Å²) in [4.78, 5) is 0. The van der Waals surface area contributed by atoms with Crippen LogP contribution in [0.25, 0.3) is 0 Å². The molecule has 1 fully saturated rings. The summed E-state index contributed by atoms with van der Waals surface area (Å²) < 4.78 is 10.9. The summed E-state index contributed by atoms with van der Waals surface area (Å²) in [6.07, 6.45) is 0.904. The van der Waals surface area contributed by atoms with Gasteiger partial charge in [0, 0.05) is 13.0 Å². The highest BCUT2D eigenvalue weighted by molar-refractivity contribution is 7.11. The number of nitrogens with zero attached hydrogens (tertiary/aromatic N) is 2. The Hall–Kier alpha value is -0.560. The molecule has 0 spiro atoms. The molecule has 5 nitrogen and oxygen atoms in total. The average molecular weight is 229 g/mol. The van der Waals surface area contributed by atoms with Crippen LogP contribution in [-0.2, 0) is 15.9 Å². The molecule has 1 aliphatic rings. The molecule has 0 amide bonds. The monoisotopic (exact) mass is 229 g/mol. The van der Waals surface area contributed by atoms with E-state index in [1.54, 1.807) is 11.3 Å². The molecule has 1 saturated heterocycles. The van der Waals surface area contributed by atoms with Crippen LogP contribution < -0.4 is 5.32 Å². The standard InChI is InChI=1S/C9H15N3O2S/c1-10-3-2-8-11-12-9(15-8)7-6-13-4-5-14-7/h7,10H,2-6H2,1H3. The van der Waals surface area contributed by atoms with E-state index in [1.807, 2.05) is 7.05 Å². The lowest BCUT2D eigenvalue weighted by atomic mass is 10.4. The smallest absolute Gasteiger partial charge is 0.148 e. The quantitative estimate of drug-likeness (QED) is 0.809. The molecule has 0 aromatic carbocycles. The molecule has 2 rings (SSSR count). The van der Waals surface area contributed by atoms with E-state index in [-0.39, 0.29) is 6.10 Å². The SMILES string of the molecule is CNCCc1nnc(C2COCCO2)s1. The zero-order chi connectivity index (χ0) is 10.5. The first-order valence-electron chi connectivity index (χ1n) is 5.06. The third-order valence-electron chi connectivity index (χ3n) is 2.16. The molecular weight excluding hydrogens is 214 g/mol. The Morgan fingerprint density at radius 1 is 1.47 bits per heavy atom. The van der Waals surface area contributed by atoms with Gasteiger partial charge in [0.15, 0.2) is 0 Å². The van der Waals surface area contributed by atoms with E-state index < -0.39 is 0 Å². The van der Waals surface area contributed by atoms with Gasteiger partial charge in [-0.05, 0) is 7.05 Å². The van der Waals surface area contributed by atoms with E-state index in [4.69, 9.17) is 9.47 Å². The fraction of sp³-hybridized carbons (Fsp3) is 0.778. The molecule has 1 N–H and O–H groups in total. The summed E-state index contributed by atoms with van der Waals surface area (Å²) in [5.74, 6) is 0. The Bertz CT molecular complexity index is 299. The van der Waals surface area contributed by atoms with Gasteiger partial charge in [-0.25, -0.2) is 0 Å². The van der Waals surface area contributed by atoms with Crippen molar-refractivity contribution >= 4 is 11.3 Å². The maximum absolute atomic E-state index is 5.55. The molecule has 2 heterocycles. The first-order valence-corrected chi connectivity index (χ1v) is 5.88. The van der Waals surface area contributed by atoms with E-state index in [1.165, 1.54) is 0 Å². The second-order valence-corrected chi connectivity index (χ2v) is 4.42. The lowest BCUT2D eigenvalue weighted by molar-refractivity contribution is -0.0903. The summed E-state index contributed by atoms with van der Waals surface area (Å²) in [6.45, 7) is 2.86. The average Bonchev–Trinajstić information content (AvgIpc) is 2.76. The molecule has 1 aromatic rings. The molecule has 84 valence electrons. The van der Waals surface area contributed by atoms with Crippen molar-refractivity contribution in [2.24, 2.45) is 0 Å². The van der Waals surface area contributed by atoms with Crippen molar-refractivity contribution in [3.8, 4) is 0 Å². The zero-order valence-electron chi connectivity index (χ0n) is 8.73. The van der Waals surface area contributed by atoms with Crippen molar-refractivity contribution < 1.29 is 9.47 Å². The number of rotatable bonds is 4. The summed E-state index contributed by atoms with van der Waals surface area (Å²) in [5.41, 5.74) is 0. The van der Waals surface area contributed by atoms with E-state index in [9.17, 15) is 0 Å². The molecule has 6 heteroatoms. The van der Waals surface area contributed by atoms with Crippen LogP contribution in [0.2, 0.25) is 0 Å². The number of ether oxygens (including phenoxy) is 2. The van der Waals surface area contributed by atoms with Crippen LogP contribution in [0.15, 0.2) is 0 Å². The first-order chi connectivity index (χ1) is 7.40. The molecular formula is C9H15N3O2S. The summed E-state index contributed by atoms with van der Waals surface area (Å²) in [5, 5.41) is 13.3. The first kappa shape index (κ1) is 10.9. The minimum Gasteiger partial charge on any atom is -0.376 e. The molecule has 1 aliphatic heterocycles. The number of hydrogen-bond donors (Lipinski definition) is 1. The topological polar surface area (TPSA) is 56.3 Å². The van der Waals surface area contributed by atoms with Crippen LogP contribution in [0.1, 0.15) is 16.1 Å². The lowest BCUT2D eigenvalue weighted by Gasteiger charge is -2.20. The van der Waals surface area contributed by atoms with E-state index in [0.29, 0.717) is 19.8 Å². The van der Waals surface area contributed by atoms with Crippen LogP contribution in [0.3, 0.4) is 0 Å². The number of likely N-dealkylation sites (N-methyl/N-ethyl adjacent to an activating group) is 1. The second kappa shape index (κ2) is 5.50. The highest BCUT2D eigenvalue weighted by Gasteiger charge is 2.20. The Labute approximate surface area is 92.8 Å². The van der Waals surface area contributed by atoms with Crippen molar-refractivity contribution in [1.82, 2.24) is 15.5 Å². The molecule has 0 aliphatic carbocycles. The van der Waals surface area contributed by atoms with Gasteiger partial charge in [0.25, 0.3) is 0 Å². The van der Waals surface area contributed by atoms with Gasteiger partial charge >= 0.3 is 0 Å². The largest absolute Gasteiger partial charge is 0.376 e. The maximum atomic E-state index is 5.55. The normalized spacial score (nSPS) is 21.8. The third-order valence-corrected chi connectivity index (χ3v) is 3.24. The number of nitrogens with one attached hydrogen (secondary N) is 1. The Balaban J connectivity index is 1.93. The highest BCUT2D eigenvalue weighted by Crippen LogP contribution is 2.23. The van der Waals surface area contributed by atoms with Gasteiger partial charge in [0.1, 0.15) is 16.1 Å². The summed E-state index contributed by atoms with van der Waals surface area (Å²) >= 11 is 1.61. The molecule has 1 unspecified atom stereocenters. The van der Waals surface area contributed by atoms with Crippen molar-refractivity contribution in [1.29, 1.82) is 0 Å². The van der Waals surface area contributed by atoms with Gasteiger partial charge in [0.05, 0.1) is 19.8 Å². The highest BCUT2D eigenvalue weighted by atomic mass is 32.1. The van der Waals surface area contributed by atoms with Gasteiger partial charge in [-0.2, -0.15) is 0 Å². The molecule has 1 atom stereocenters. The fourth-order valence-electron chi connectivity index (χ4n) is 1.36. The van der Waals surface area contributed by atoms with Gasteiger partial charge in [-0.3, -0.25) is 0 Å². The third kappa shape index (κ3) is 2.94. The predicted molar refractivity (Wildman–Crippen MR) is 57.1 cm³/mol. The van der Waals surface area contributed by atoms with Crippen LogP contribution in [0.5, 0.6) is 0 Å². The zero-order valence-corrected chi connectivity index (χ0v) is 9.55. The maximum Gasteiger partial charge on any atom is 0.148 e. The van der Waals surface area contributed by atoms with Gasteiger partial charge in [-0.15, -0.1) is 10.2 Å². The van der Waals surface area contributed by atoms with E-state index >= 15 is 0 Å². The fourth-order valence-corrected chi connectivity index (χ4v) is 2.24. The number of hydrogen-bond acceptors (Lipinski definition) is 6. The van der Waals surface area contributed by atoms with Crippen molar-refractivity contribution in [2.75, 3.05) is 33.4 Å². The minimum atomic E-state index is -0.0143. The van der Waals surface area contributed by atoms with Gasteiger partial charge in [0.2, 0.25) is 0 Å². The summed E-state index contributed by atoms with van der Waals surface area (Å²) in [6, 6.07) is 0. The van der Waals surface area contributed by atoms with Crippen molar-refractivity contribution in [3.05, 3.63) is 10.0 Å². The lowest BCUT2D eigenvalue weighted by Crippen LogP contribution is -2.21. The minimum absolute atomic E-state index is 0.0143. The van der Waals surface area contributed by atoms with Crippen LogP contribution in [0, 0.1) is 0 Å². The predicted octanol–water partition coefficient (Wildman–Crippen LogP) is 0.388. The molecule has 15 heavy (non-hydrogen) atoms. The van der Waals surface area contributed by atoms with Crippen molar-refractivity contribution in [3.63, 3.8) is 0 Å². The van der Waals surface area contributed by atoms with E-state index in [2.05, 4.69) is 15.5 Å².